The summed E-state index contributed by atoms with van der Waals surface area (Å²) in [6, 6.07) is 8.35. The third-order valence-corrected chi connectivity index (χ3v) is 3.54. The fourth-order valence-corrected chi connectivity index (χ4v) is 2.55. The highest BCUT2D eigenvalue weighted by molar-refractivity contribution is 5.97. The second kappa shape index (κ2) is 3.63. The van der Waals surface area contributed by atoms with E-state index in [9.17, 15) is 0 Å². The molecule has 0 radical (unpaired) electrons. The molecule has 0 unspecified atom stereocenters. The van der Waals surface area contributed by atoms with Crippen LogP contribution in [-0.2, 0) is 7.05 Å². The molecule has 0 saturated carbocycles. The van der Waals surface area contributed by atoms with E-state index in [2.05, 4.69) is 52.8 Å². The number of anilines is 1. The molecular weight excluding hydrogens is 224 g/mol. The molecule has 2 aromatic heterocycles. The maximum absolute atomic E-state index is 5.74. The van der Waals surface area contributed by atoms with Crippen LogP contribution in [0, 0.1) is 13.8 Å². The Bertz CT molecular complexity index is 734. The Hall–Kier alpha value is -2.23. The molecule has 4 nitrogen and oxygen atoms in total. The van der Waals surface area contributed by atoms with Crippen LogP contribution in [0.3, 0.4) is 0 Å². The van der Waals surface area contributed by atoms with Gasteiger partial charge in [0, 0.05) is 34.9 Å². The molecule has 0 aliphatic rings. The van der Waals surface area contributed by atoms with Crippen molar-refractivity contribution in [3.63, 3.8) is 0 Å². The van der Waals surface area contributed by atoms with Gasteiger partial charge < -0.3 is 15.3 Å². The van der Waals surface area contributed by atoms with Gasteiger partial charge in [0.15, 0.2) is 5.95 Å². The molecule has 0 amide bonds. The summed E-state index contributed by atoms with van der Waals surface area (Å²) in [7, 11) is 2.08. The number of aromatic nitrogens is 3. The van der Waals surface area contributed by atoms with E-state index in [1.165, 1.54) is 22.2 Å². The number of para-hydroxylation sites is 1. The summed E-state index contributed by atoms with van der Waals surface area (Å²) >= 11 is 0. The first-order valence-electron chi connectivity index (χ1n) is 5.96. The number of H-pyrrole nitrogens is 1. The molecule has 1 aromatic carbocycles. The molecule has 3 aromatic rings. The summed E-state index contributed by atoms with van der Waals surface area (Å²) in [5.41, 5.74) is 11.3. The van der Waals surface area contributed by atoms with Gasteiger partial charge in [0.05, 0.1) is 5.69 Å². The number of nitrogens with zero attached hydrogens (tertiary/aromatic N) is 2. The van der Waals surface area contributed by atoms with E-state index in [-0.39, 0.29) is 0 Å². The predicted molar refractivity (Wildman–Crippen MR) is 74.4 cm³/mol. The minimum absolute atomic E-state index is 0.467. The van der Waals surface area contributed by atoms with Gasteiger partial charge in [-0.1, -0.05) is 18.2 Å². The number of rotatable bonds is 1. The van der Waals surface area contributed by atoms with E-state index in [1.54, 1.807) is 0 Å². The van der Waals surface area contributed by atoms with E-state index < -0.39 is 0 Å². The molecule has 0 aliphatic heterocycles. The van der Waals surface area contributed by atoms with Gasteiger partial charge in [0.2, 0.25) is 0 Å². The van der Waals surface area contributed by atoms with Gasteiger partial charge >= 0.3 is 0 Å². The van der Waals surface area contributed by atoms with E-state index in [1.807, 2.05) is 6.92 Å². The molecule has 0 aliphatic carbocycles. The van der Waals surface area contributed by atoms with Crippen molar-refractivity contribution in [3.05, 3.63) is 35.7 Å². The smallest absolute Gasteiger partial charge is 0.198 e. The van der Waals surface area contributed by atoms with Crippen molar-refractivity contribution in [3.8, 4) is 11.3 Å². The van der Waals surface area contributed by atoms with Crippen molar-refractivity contribution >= 4 is 16.9 Å². The Morgan fingerprint density at radius 3 is 2.61 bits per heavy atom. The third kappa shape index (κ3) is 1.35. The summed E-state index contributed by atoms with van der Waals surface area (Å²) in [4.78, 5) is 7.48. The zero-order chi connectivity index (χ0) is 12.9. The fourth-order valence-electron chi connectivity index (χ4n) is 2.55. The molecule has 0 bridgehead atoms. The molecule has 0 fully saturated rings. The lowest BCUT2D eigenvalue weighted by Crippen LogP contribution is -1.91. The van der Waals surface area contributed by atoms with Crippen LogP contribution in [0.15, 0.2) is 24.3 Å². The number of nitrogen functional groups attached to an aromatic ring is 1. The highest BCUT2D eigenvalue weighted by Gasteiger charge is 2.17. The highest BCUT2D eigenvalue weighted by Crippen LogP contribution is 2.34. The van der Waals surface area contributed by atoms with E-state index in [4.69, 9.17) is 5.73 Å². The molecule has 0 saturated heterocycles. The number of imidazole rings is 1. The zero-order valence-electron chi connectivity index (χ0n) is 10.8. The minimum atomic E-state index is 0.467. The largest absolute Gasteiger partial charge is 0.369 e. The van der Waals surface area contributed by atoms with Crippen LogP contribution in [0.1, 0.15) is 11.4 Å². The number of hydrogen-bond acceptors (Lipinski definition) is 2. The van der Waals surface area contributed by atoms with Crippen LogP contribution in [0.25, 0.3) is 22.2 Å². The lowest BCUT2D eigenvalue weighted by atomic mass is 10.1. The van der Waals surface area contributed by atoms with E-state index >= 15 is 0 Å². The van der Waals surface area contributed by atoms with Crippen molar-refractivity contribution in [2.45, 2.75) is 13.8 Å². The zero-order valence-corrected chi connectivity index (χ0v) is 10.8. The fraction of sp³-hybridized carbons (Fsp3) is 0.214. The summed E-state index contributed by atoms with van der Waals surface area (Å²) in [5, 5.41) is 1.21. The number of aryl methyl sites for hydroxylation is 2. The van der Waals surface area contributed by atoms with Crippen molar-refractivity contribution < 1.29 is 0 Å². The number of hydrogen-bond donors (Lipinski definition) is 2. The van der Waals surface area contributed by atoms with Crippen LogP contribution < -0.4 is 5.73 Å². The predicted octanol–water partition coefficient (Wildman–Crippen LogP) is 2.77. The quantitative estimate of drug-likeness (QED) is 0.687. The van der Waals surface area contributed by atoms with E-state index in [0.717, 1.165) is 11.4 Å². The maximum Gasteiger partial charge on any atom is 0.198 e. The Morgan fingerprint density at radius 1 is 1.22 bits per heavy atom. The first kappa shape index (κ1) is 10.9. The Labute approximate surface area is 105 Å². The van der Waals surface area contributed by atoms with Crippen LogP contribution in [0.2, 0.25) is 0 Å². The minimum Gasteiger partial charge on any atom is -0.369 e. The summed E-state index contributed by atoms with van der Waals surface area (Å²) in [6.45, 7) is 4.11. The molecule has 0 spiro atoms. The summed E-state index contributed by atoms with van der Waals surface area (Å²) < 4.78 is 2.19. The second-order valence-corrected chi connectivity index (χ2v) is 4.63. The first-order chi connectivity index (χ1) is 8.59. The van der Waals surface area contributed by atoms with Gasteiger partial charge in [0.25, 0.3) is 0 Å². The molecule has 92 valence electrons. The van der Waals surface area contributed by atoms with Gasteiger partial charge in [0.1, 0.15) is 0 Å². The maximum atomic E-state index is 5.74. The highest BCUT2D eigenvalue weighted by atomic mass is 15.0. The molecular formula is C14H16N4. The third-order valence-electron chi connectivity index (χ3n) is 3.54. The number of benzene rings is 1. The Morgan fingerprint density at radius 2 is 1.94 bits per heavy atom. The van der Waals surface area contributed by atoms with Gasteiger partial charge in [-0.2, -0.15) is 0 Å². The van der Waals surface area contributed by atoms with Crippen LogP contribution >= 0.6 is 0 Å². The van der Waals surface area contributed by atoms with E-state index in [0.29, 0.717) is 5.95 Å². The molecule has 2 heterocycles. The molecule has 4 heteroatoms. The second-order valence-electron chi connectivity index (χ2n) is 4.63. The van der Waals surface area contributed by atoms with Crippen molar-refractivity contribution in [1.82, 2.24) is 14.5 Å². The van der Waals surface area contributed by atoms with Crippen LogP contribution in [-0.4, -0.2) is 14.5 Å². The monoisotopic (exact) mass is 240 g/mol. The van der Waals surface area contributed by atoms with Crippen LogP contribution in [0.5, 0.6) is 0 Å². The average molecular weight is 240 g/mol. The number of aromatic amines is 1. The van der Waals surface area contributed by atoms with Crippen LogP contribution in [0.4, 0.5) is 5.95 Å². The van der Waals surface area contributed by atoms with Crippen molar-refractivity contribution in [2.24, 2.45) is 7.05 Å². The SMILES string of the molecule is Cc1[nH]c(N)nc1-c1c(C)n(C)c2ccccc12. The molecule has 0 atom stereocenters. The normalized spacial score (nSPS) is 11.3. The molecule has 18 heavy (non-hydrogen) atoms. The van der Waals surface area contributed by atoms with Gasteiger partial charge in [-0.15, -0.1) is 0 Å². The van der Waals surface area contributed by atoms with Gasteiger partial charge in [-0.25, -0.2) is 4.98 Å². The van der Waals surface area contributed by atoms with Crippen molar-refractivity contribution in [2.75, 3.05) is 5.73 Å². The topological polar surface area (TPSA) is 59.6 Å². The Balaban J connectivity index is 2.42. The summed E-state index contributed by atoms with van der Waals surface area (Å²) in [6.07, 6.45) is 0. The number of fused-ring (bicyclic) bond motifs is 1. The first-order valence-corrected chi connectivity index (χ1v) is 5.96. The molecule has 3 rings (SSSR count). The number of nitrogens with two attached hydrogens (primary N) is 1. The van der Waals surface area contributed by atoms with Crippen molar-refractivity contribution in [1.29, 1.82) is 0 Å². The lowest BCUT2D eigenvalue weighted by Gasteiger charge is -2.00. The van der Waals surface area contributed by atoms with Gasteiger partial charge in [-0.3, -0.25) is 0 Å². The standard InChI is InChI=1S/C14H16N4/c1-8-13(17-14(15)16-8)12-9(2)18(3)11-7-5-4-6-10(11)12/h4-7H,1-3H3,(H3,15,16,17). The average Bonchev–Trinajstić information content (AvgIpc) is 2.79. The number of nitrogens with one attached hydrogen (secondary N) is 1. The lowest BCUT2D eigenvalue weighted by molar-refractivity contribution is 0.919. The molecule has 3 N–H and O–H groups in total. The van der Waals surface area contributed by atoms with Gasteiger partial charge in [-0.05, 0) is 19.9 Å². The summed E-state index contributed by atoms with van der Waals surface area (Å²) in [5.74, 6) is 0.467. The Kier molecular flexibility index (Phi) is 2.20.